The minimum Gasteiger partial charge on any atom is -0.369 e. The van der Waals surface area contributed by atoms with E-state index in [4.69, 9.17) is 0 Å². The average Bonchev–Trinajstić information content (AvgIpc) is 2.81. The number of hydrogen-bond donors (Lipinski definition) is 0. The van der Waals surface area contributed by atoms with Gasteiger partial charge in [0.15, 0.2) is 5.78 Å². The maximum Gasteiger partial charge on any atom is 0.225 e. The topological polar surface area (TPSA) is 62.2 Å². The van der Waals surface area contributed by atoms with Crippen LogP contribution in [0.3, 0.4) is 0 Å². The van der Waals surface area contributed by atoms with E-state index in [9.17, 15) is 4.79 Å². The van der Waals surface area contributed by atoms with Gasteiger partial charge in [0.25, 0.3) is 0 Å². The average molecular weight is 325 g/mol. The SMILES string of the molecule is CC(=O)c1cnc(N2CCCN(c3ccncc3C)CC2)nc1C. The quantitative estimate of drug-likeness (QED) is 0.808. The van der Waals surface area contributed by atoms with Crippen LogP contribution in [-0.4, -0.2) is 46.9 Å². The van der Waals surface area contributed by atoms with Crippen LogP contribution >= 0.6 is 0 Å². The van der Waals surface area contributed by atoms with Crippen LogP contribution in [0.5, 0.6) is 0 Å². The number of anilines is 2. The molecule has 1 fully saturated rings. The van der Waals surface area contributed by atoms with E-state index in [1.54, 1.807) is 13.1 Å². The first-order chi connectivity index (χ1) is 11.6. The first-order valence-corrected chi connectivity index (χ1v) is 8.31. The second kappa shape index (κ2) is 6.95. The summed E-state index contributed by atoms with van der Waals surface area (Å²) in [6, 6.07) is 2.08. The van der Waals surface area contributed by atoms with Crippen LogP contribution in [0.15, 0.2) is 24.7 Å². The fraction of sp³-hybridized carbons (Fsp3) is 0.444. The van der Waals surface area contributed by atoms with Crippen LogP contribution < -0.4 is 9.80 Å². The van der Waals surface area contributed by atoms with Crippen LogP contribution in [0, 0.1) is 13.8 Å². The maximum atomic E-state index is 11.5. The Kier molecular flexibility index (Phi) is 4.74. The molecule has 0 spiro atoms. The first-order valence-electron chi connectivity index (χ1n) is 8.31. The number of aryl methyl sites for hydroxylation is 2. The number of ketones is 1. The van der Waals surface area contributed by atoms with E-state index in [2.05, 4.69) is 37.7 Å². The summed E-state index contributed by atoms with van der Waals surface area (Å²) in [6.07, 6.45) is 6.44. The molecule has 1 saturated heterocycles. The lowest BCUT2D eigenvalue weighted by molar-refractivity contribution is 0.101. The molecule has 6 nitrogen and oxygen atoms in total. The molecule has 0 aromatic carbocycles. The molecule has 1 aliphatic rings. The predicted octanol–water partition coefficient (Wildman–Crippen LogP) is 2.41. The fourth-order valence-electron chi connectivity index (χ4n) is 3.13. The summed E-state index contributed by atoms with van der Waals surface area (Å²) in [4.78, 5) is 29.3. The Morgan fingerprint density at radius 3 is 2.54 bits per heavy atom. The number of rotatable bonds is 3. The molecule has 0 aliphatic carbocycles. The van der Waals surface area contributed by atoms with E-state index < -0.39 is 0 Å². The van der Waals surface area contributed by atoms with Gasteiger partial charge in [0.05, 0.1) is 11.3 Å². The molecule has 0 bridgehead atoms. The third-order valence-corrected chi connectivity index (χ3v) is 4.46. The largest absolute Gasteiger partial charge is 0.369 e. The number of Topliss-reactive ketones (excluding diaryl/α,β-unsaturated/α-hetero) is 1. The van der Waals surface area contributed by atoms with Crippen molar-refractivity contribution in [3.63, 3.8) is 0 Å². The zero-order valence-corrected chi connectivity index (χ0v) is 14.5. The van der Waals surface area contributed by atoms with Crippen molar-refractivity contribution in [3.05, 3.63) is 41.5 Å². The summed E-state index contributed by atoms with van der Waals surface area (Å²) in [6.45, 7) is 9.21. The molecule has 0 amide bonds. The normalized spacial score (nSPS) is 15.3. The van der Waals surface area contributed by atoms with Gasteiger partial charge < -0.3 is 9.80 Å². The molecule has 0 N–H and O–H groups in total. The highest BCUT2D eigenvalue weighted by molar-refractivity contribution is 5.94. The van der Waals surface area contributed by atoms with Gasteiger partial charge in [0.1, 0.15) is 0 Å². The van der Waals surface area contributed by atoms with Crippen molar-refractivity contribution >= 4 is 17.4 Å². The Hall–Kier alpha value is -2.50. The van der Waals surface area contributed by atoms with Crippen LogP contribution in [0.1, 0.15) is 35.0 Å². The molecule has 2 aromatic heterocycles. The van der Waals surface area contributed by atoms with E-state index in [1.807, 2.05) is 19.3 Å². The molecular weight excluding hydrogens is 302 g/mol. The Morgan fingerprint density at radius 2 is 1.83 bits per heavy atom. The molecule has 0 saturated carbocycles. The Labute approximate surface area is 142 Å². The minimum atomic E-state index is 0.00857. The lowest BCUT2D eigenvalue weighted by atomic mass is 10.2. The van der Waals surface area contributed by atoms with E-state index in [0.717, 1.165) is 38.3 Å². The molecule has 24 heavy (non-hydrogen) atoms. The van der Waals surface area contributed by atoms with E-state index in [0.29, 0.717) is 11.5 Å². The maximum absolute atomic E-state index is 11.5. The monoisotopic (exact) mass is 325 g/mol. The number of pyridine rings is 1. The van der Waals surface area contributed by atoms with Gasteiger partial charge in [-0.05, 0) is 38.8 Å². The van der Waals surface area contributed by atoms with E-state index in [1.165, 1.54) is 11.3 Å². The van der Waals surface area contributed by atoms with Crippen molar-refractivity contribution in [1.29, 1.82) is 0 Å². The number of carbonyl (C=O) groups excluding carboxylic acids is 1. The van der Waals surface area contributed by atoms with Crippen LogP contribution in [0.4, 0.5) is 11.6 Å². The second-order valence-electron chi connectivity index (χ2n) is 6.22. The first kappa shape index (κ1) is 16.4. The zero-order valence-electron chi connectivity index (χ0n) is 14.5. The lowest BCUT2D eigenvalue weighted by Crippen LogP contribution is -2.32. The molecular formula is C18H23N5O. The van der Waals surface area contributed by atoms with Crippen molar-refractivity contribution in [2.45, 2.75) is 27.2 Å². The number of aromatic nitrogens is 3. The predicted molar refractivity (Wildman–Crippen MR) is 94.8 cm³/mol. The van der Waals surface area contributed by atoms with Gasteiger partial charge >= 0.3 is 0 Å². The Bertz CT molecular complexity index is 746. The van der Waals surface area contributed by atoms with Crippen molar-refractivity contribution in [2.24, 2.45) is 0 Å². The molecule has 3 heterocycles. The Morgan fingerprint density at radius 1 is 1.08 bits per heavy atom. The van der Waals surface area contributed by atoms with Gasteiger partial charge in [-0.1, -0.05) is 0 Å². The highest BCUT2D eigenvalue weighted by atomic mass is 16.1. The van der Waals surface area contributed by atoms with Crippen LogP contribution in [-0.2, 0) is 0 Å². The molecule has 0 unspecified atom stereocenters. The van der Waals surface area contributed by atoms with Gasteiger partial charge in [0, 0.05) is 50.5 Å². The fourth-order valence-corrected chi connectivity index (χ4v) is 3.13. The minimum absolute atomic E-state index is 0.00857. The molecule has 6 heteroatoms. The van der Waals surface area contributed by atoms with Gasteiger partial charge in [-0.3, -0.25) is 9.78 Å². The highest BCUT2D eigenvalue weighted by Crippen LogP contribution is 2.21. The van der Waals surface area contributed by atoms with Crippen LogP contribution in [0.25, 0.3) is 0 Å². The number of carbonyl (C=O) groups is 1. The zero-order chi connectivity index (χ0) is 17.1. The summed E-state index contributed by atoms with van der Waals surface area (Å²) in [7, 11) is 0. The summed E-state index contributed by atoms with van der Waals surface area (Å²) in [5.41, 5.74) is 3.79. The second-order valence-corrected chi connectivity index (χ2v) is 6.22. The molecule has 0 radical (unpaired) electrons. The summed E-state index contributed by atoms with van der Waals surface area (Å²) < 4.78 is 0. The van der Waals surface area contributed by atoms with Crippen molar-refractivity contribution < 1.29 is 4.79 Å². The summed E-state index contributed by atoms with van der Waals surface area (Å²) in [5, 5.41) is 0. The smallest absolute Gasteiger partial charge is 0.225 e. The van der Waals surface area contributed by atoms with Gasteiger partial charge in [0.2, 0.25) is 5.95 Å². The van der Waals surface area contributed by atoms with Gasteiger partial charge in [-0.15, -0.1) is 0 Å². The Balaban J connectivity index is 1.75. The number of nitrogens with zero attached hydrogens (tertiary/aromatic N) is 5. The molecule has 2 aromatic rings. The van der Waals surface area contributed by atoms with Gasteiger partial charge in [-0.25, -0.2) is 9.97 Å². The summed E-state index contributed by atoms with van der Waals surface area (Å²) >= 11 is 0. The third kappa shape index (κ3) is 3.37. The van der Waals surface area contributed by atoms with Gasteiger partial charge in [-0.2, -0.15) is 0 Å². The van der Waals surface area contributed by atoms with Crippen molar-refractivity contribution in [2.75, 3.05) is 36.0 Å². The molecule has 3 rings (SSSR count). The molecule has 126 valence electrons. The van der Waals surface area contributed by atoms with E-state index in [-0.39, 0.29) is 5.78 Å². The highest BCUT2D eigenvalue weighted by Gasteiger charge is 2.19. The number of hydrogen-bond acceptors (Lipinski definition) is 6. The molecule has 1 aliphatic heterocycles. The standard InChI is InChI=1S/C18H23N5O/c1-13-11-19-6-5-17(13)22-7-4-8-23(10-9-22)18-20-12-16(15(3)24)14(2)21-18/h5-6,11-12H,4,7-10H2,1-3H3. The van der Waals surface area contributed by atoms with Crippen molar-refractivity contribution in [3.8, 4) is 0 Å². The van der Waals surface area contributed by atoms with E-state index >= 15 is 0 Å². The summed E-state index contributed by atoms with van der Waals surface area (Å²) in [5.74, 6) is 0.722. The third-order valence-electron chi connectivity index (χ3n) is 4.46. The van der Waals surface area contributed by atoms with Crippen molar-refractivity contribution in [1.82, 2.24) is 15.0 Å². The van der Waals surface area contributed by atoms with Crippen LogP contribution in [0.2, 0.25) is 0 Å². The lowest BCUT2D eigenvalue weighted by Gasteiger charge is -2.25. The molecule has 0 atom stereocenters.